The van der Waals surface area contributed by atoms with E-state index >= 15 is 0 Å². The minimum Gasteiger partial charge on any atom is -0.301 e. The molecule has 0 aromatic carbocycles. The van der Waals surface area contributed by atoms with Crippen molar-refractivity contribution in [1.82, 2.24) is 9.80 Å². The quantitative estimate of drug-likeness (QED) is 0.576. The van der Waals surface area contributed by atoms with Crippen LogP contribution in [0.2, 0.25) is 0 Å². The molecular formula is C14H29N3. The lowest BCUT2D eigenvalue weighted by atomic mass is 10.3. The highest BCUT2D eigenvalue weighted by Crippen LogP contribution is 1.97. The molecule has 0 saturated carbocycles. The summed E-state index contributed by atoms with van der Waals surface area (Å²) < 4.78 is 0. The molecule has 0 aromatic heterocycles. The minimum absolute atomic E-state index is 0.637. The van der Waals surface area contributed by atoms with Crippen molar-refractivity contribution in [3.05, 3.63) is 12.3 Å². The molecule has 0 aliphatic rings. The van der Waals surface area contributed by atoms with Gasteiger partial charge in [-0.1, -0.05) is 19.9 Å². The first-order valence-electron chi connectivity index (χ1n) is 6.71. The van der Waals surface area contributed by atoms with E-state index in [2.05, 4.69) is 55.6 Å². The van der Waals surface area contributed by atoms with Crippen molar-refractivity contribution < 1.29 is 0 Å². The molecule has 0 amide bonds. The van der Waals surface area contributed by atoms with Crippen LogP contribution in [0.15, 0.2) is 17.3 Å². The third-order valence-electron chi connectivity index (χ3n) is 2.80. The third kappa shape index (κ3) is 9.07. The summed E-state index contributed by atoms with van der Waals surface area (Å²) in [4.78, 5) is 8.96. The minimum atomic E-state index is 0.637. The number of rotatable bonds is 9. The topological polar surface area (TPSA) is 18.8 Å². The van der Waals surface area contributed by atoms with Crippen LogP contribution >= 0.6 is 0 Å². The number of aliphatic imine (C=N–C) groups is 1. The SMILES string of the molecule is CCC=N/C=C\CN(C)CCN(CC)C(C)C. The second kappa shape index (κ2) is 10.5. The van der Waals surface area contributed by atoms with Crippen LogP contribution in [0.25, 0.3) is 0 Å². The van der Waals surface area contributed by atoms with Crippen LogP contribution < -0.4 is 0 Å². The Morgan fingerprint density at radius 1 is 1.18 bits per heavy atom. The van der Waals surface area contributed by atoms with Gasteiger partial charge < -0.3 is 4.90 Å². The molecule has 3 heteroatoms. The highest BCUT2D eigenvalue weighted by molar-refractivity contribution is 5.57. The van der Waals surface area contributed by atoms with Crippen LogP contribution in [0, 0.1) is 0 Å². The van der Waals surface area contributed by atoms with Gasteiger partial charge in [-0.25, -0.2) is 0 Å². The highest BCUT2D eigenvalue weighted by Gasteiger charge is 2.06. The number of likely N-dealkylation sites (N-methyl/N-ethyl adjacent to an activating group) is 2. The van der Waals surface area contributed by atoms with Crippen molar-refractivity contribution in [1.29, 1.82) is 0 Å². The zero-order valence-electron chi connectivity index (χ0n) is 12.2. The predicted molar refractivity (Wildman–Crippen MR) is 77.8 cm³/mol. The van der Waals surface area contributed by atoms with E-state index in [1.54, 1.807) is 0 Å². The van der Waals surface area contributed by atoms with Gasteiger partial charge in [0.15, 0.2) is 0 Å². The maximum atomic E-state index is 4.16. The Bertz CT molecular complexity index is 222. The first-order chi connectivity index (χ1) is 8.11. The van der Waals surface area contributed by atoms with Gasteiger partial charge >= 0.3 is 0 Å². The second-order valence-corrected chi connectivity index (χ2v) is 4.61. The van der Waals surface area contributed by atoms with Crippen molar-refractivity contribution in [3.63, 3.8) is 0 Å². The summed E-state index contributed by atoms with van der Waals surface area (Å²) in [5.41, 5.74) is 0. The fourth-order valence-corrected chi connectivity index (χ4v) is 1.63. The van der Waals surface area contributed by atoms with E-state index in [1.807, 2.05) is 12.4 Å². The molecule has 100 valence electrons. The molecule has 3 nitrogen and oxygen atoms in total. The summed E-state index contributed by atoms with van der Waals surface area (Å²) >= 11 is 0. The summed E-state index contributed by atoms with van der Waals surface area (Å²) in [6.07, 6.45) is 6.92. The first kappa shape index (κ1) is 16.3. The Hall–Kier alpha value is -0.670. The van der Waals surface area contributed by atoms with Gasteiger partial charge in [-0.3, -0.25) is 9.89 Å². The lowest BCUT2D eigenvalue weighted by Gasteiger charge is -2.27. The molecule has 17 heavy (non-hydrogen) atoms. The van der Waals surface area contributed by atoms with E-state index in [0.29, 0.717) is 6.04 Å². The standard InChI is InChI=1S/C14H29N3/c1-6-9-15-10-8-11-16(5)12-13-17(7-2)14(3)4/h8-10,14H,6-7,11-13H2,1-5H3/b10-8-,15-9?. The molecule has 0 aliphatic heterocycles. The molecule has 0 radical (unpaired) electrons. The number of hydrogen-bond acceptors (Lipinski definition) is 3. The van der Waals surface area contributed by atoms with Gasteiger partial charge in [0.25, 0.3) is 0 Å². The molecule has 0 atom stereocenters. The first-order valence-corrected chi connectivity index (χ1v) is 6.71. The van der Waals surface area contributed by atoms with Crippen LogP contribution in [-0.4, -0.2) is 55.3 Å². The Morgan fingerprint density at radius 3 is 2.41 bits per heavy atom. The van der Waals surface area contributed by atoms with Crippen molar-refractivity contribution in [2.45, 2.75) is 40.2 Å². The van der Waals surface area contributed by atoms with Crippen LogP contribution in [0.3, 0.4) is 0 Å². The van der Waals surface area contributed by atoms with Gasteiger partial charge in [-0.15, -0.1) is 0 Å². The van der Waals surface area contributed by atoms with Gasteiger partial charge in [-0.2, -0.15) is 0 Å². The molecule has 0 saturated heterocycles. The molecule has 0 N–H and O–H groups in total. The van der Waals surface area contributed by atoms with E-state index in [-0.39, 0.29) is 0 Å². The van der Waals surface area contributed by atoms with E-state index in [1.165, 1.54) is 0 Å². The molecule has 0 aliphatic carbocycles. The molecular weight excluding hydrogens is 210 g/mol. The Kier molecular flexibility index (Phi) is 10.1. The van der Waals surface area contributed by atoms with Gasteiger partial charge in [0, 0.05) is 38.1 Å². The lowest BCUT2D eigenvalue weighted by Crippen LogP contribution is -2.37. The summed E-state index contributed by atoms with van der Waals surface area (Å²) in [5.74, 6) is 0. The van der Waals surface area contributed by atoms with E-state index in [0.717, 1.165) is 32.6 Å². The smallest absolute Gasteiger partial charge is 0.0236 e. The predicted octanol–water partition coefficient (Wildman–Crippen LogP) is 2.64. The molecule has 0 bridgehead atoms. The molecule has 0 heterocycles. The van der Waals surface area contributed by atoms with Gasteiger partial charge in [0.05, 0.1) is 0 Å². The molecule has 0 aromatic rings. The normalized spacial score (nSPS) is 12.9. The summed E-state index contributed by atoms with van der Waals surface area (Å²) in [6, 6.07) is 0.637. The van der Waals surface area contributed by atoms with Gasteiger partial charge in [0.1, 0.15) is 0 Å². The van der Waals surface area contributed by atoms with Crippen molar-refractivity contribution >= 4 is 6.21 Å². The number of hydrogen-bond donors (Lipinski definition) is 0. The number of nitrogens with zero attached hydrogens (tertiary/aromatic N) is 3. The van der Waals surface area contributed by atoms with Crippen molar-refractivity contribution in [2.75, 3.05) is 33.2 Å². The summed E-state index contributed by atoms with van der Waals surface area (Å²) in [5, 5.41) is 0. The average Bonchev–Trinajstić information content (AvgIpc) is 2.29. The Labute approximate surface area is 107 Å². The fraction of sp³-hybridized carbons (Fsp3) is 0.786. The van der Waals surface area contributed by atoms with E-state index in [9.17, 15) is 0 Å². The lowest BCUT2D eigenvalue weighted by molar-refractivity contribution is 0.203. The van der Waals surface area contributed by atoms with Crippen molar-refractivity contribution in [3.8, 4) is 0 Å². The Balaban J connectivity index is 3.75. The Morgan fingerprint density at radius 2 is 1.88 bits per heavy atom. The molecule has 0 fully saturated rings. The largest absolute Gasteiger partial charge is 0.301 e. The second-order valence-electron chi connectivity index (χ2n) is 4.61. The highest BCUT2D eigenvalue weighted by atomic mass is 15.2. The molecule has 0 rings (SSSR count). The zero-order chi connectivity index (χ0) is 13.1. The van der Waals surface area contributed by atoms with Crippen molar-refractivity contribution in [2.24, 2.45) is 4.99 Å². The van der Waals surface area contributed by atoms with Crippen LogP contribution in [-0.2, 0) is 0 Å². The van der Waals surface area contributed by atoms with E-state index in [4.69, 9.17) is 0 Å². The summed E-state index contributed by atoms with van der Waals surface area (Å²) in [7, 11) is 2.15. The van der Waals surface area contributed by atoms with E-state index < -0.39 is 0 Å². The fourth-order valence-electron chi connectivity index (χ4n) is 1.63. The average molecular weight is 239 g/mol. The van der Waals surface area contributed by atoms with Crippen LogP contribution in [0.1, 0.15) is 34.1 Å². The maximum absolute atomic E-state index is 4.16. The third-order valence-corrected chi connectivity index (χ3v) is 2.80. The monoisotopic (exact) mass is 239 g/mol. The van der Waals surface area contributed by atoms with Crippen LogP contribution in [0.4, 0.5) is 0 Å². The van der Waals surface area contributed by atoms with Gasteiger partial charge in [-0.05, 0) is 33.9 Å². The summed E-state index contributed by atoms with van der Waals surface area (Å²) in [6.45, 7) is 13.2. The maximum Gasteiger partial charge on any atom is 0.0236 e. The molecule has 0 unspecified atom stereocenters. The van der Waals surface area contributed by atoms with Gasteiger partial charge in [0.2, 0.25) is 0 Å². The molecule has 0 spiro atoms. The zero-order valence-corrected chi connectivity index (χ0v) is 12.2. The van der Waals surface area contributed by atoms with Crippen LogP contribution in [0.5, 0.6) is 0 Å².